The topological polar surface area (TPSA) is 46.4 Å². The third-order valence-corrected chi connectivity index (χ3v) is 3.19. The van der Waals surface area contributed by atoms with Crippen LogP contribution >= 0.6 is 15.9 Å². The minimum atomic E-state index is -0.351. The van der Waals surface area contributed by atoms with Crippen molar-refractivity contribution in [2.75, 3.05) is 11.9 Å². The van der Waals surface area contributed by atoms with Gasteiger partial charge in [0.1, 0.15) is 0 Å². The molecule has 0 aliphatic carbocycles. The zero-order valence-electron chi connectivity index (χ0n) is 9.61. The highest BCUT2D eigenvalue weighted by atomic mass is 79.9. The minimum Gasteiger partial charge on any atom is -0.372 e. The number of nitro groups is 1. The van der Waals surface area contributed by atoms with Gasteiger partial charge in [-0.25, -0.2) is 0 Å². The second-order valence-electron chi connectivity index (χ2n) is 3.91. The number of halogens is 1. The molecule has 1 aromatic carbocycles. The Labute approximate surface area is 104 Å². The molecule has 88 valence electrons. The molecule has 0 unspecified atom stereocenters. The lowest BCUT2D eigenvalue weighted by Gasteiger charge is -2.24. The first-order chi connectivity index (χ1) is 7.47. The Morgan fingerprint density at radius 2 is 2.12 bits per heavy atom. The number of rotatable bonds is 4. The van der Waals surface area contributed by atoms with Gasteiger partial charge in [-0.15, -0.1) is 0 Å². The maximum Gasteiger partial charge on any atom is 0.273 e. The summed E-state index contributed by atoms with van der Waals surface area (Å²) in [7, 11) is 1.98. The second kappa shape index (κ2) is 5.30. The van der Waals surface area contributed by atoms with Crippen molar-refractivity contribution in [2.45, 2.75) is 25.2 Å². The first-order valence-corrected chi connectivity index (χ1v) is 6.15. The highest BCUT2D eigenvalue weighted by molar-refractivity contribution is 9.08. The Morgan fingerprint density at radius 3 is 2.56 bits per heavy atom. The number of nitro benzene ring substituents is 1. The van der Waals surface area contributed by atoms with Gasteiger partial charge in [0.15, 0.2) is 0 Å². The Morgan fingerprint density at radius 1 is 1.50 bits per heavy atom. The molecular formula is C11H15BrN2O2. The van der Waals surface area contributed by atoms with Crippen LogP contribution in [-0.4, -0.2) is 18.0 Å². The number of anilines is 1. The van der Waals surface area contributed by atoms with E-state index in [0.29, 0.717) is 16.9 Å². The maximum absolute atomic E-state index is 10.8. The van der Waals surface area contributed by atoms with Crippen molar-refractivity contribution >= 4 is 27.3 Å². The highest BCUT2D eigenvalue weighted by Gasteiger charge is 2.15. The van der Waals surface area contributed by atoms with E-state index in [-0.39, 0.29) is 10.6 Å². The Bertz CT molecular complexity index is 394. The average Bonchev–Trinajstić information content (AvgIpc) is 2.26. The summed E-state index contributed by atoms with van der Waals surface area (Å²) in [4.78, 5) is 12.5. The molecule has 0 saturated heterocycles. The molecule has 5 heteroatoms. The normalized spacial score (nSPS) is 10.6. The molecule has 0 radical (unpaired) electrons. The Kier molecular flexibility index (Phi) is 4.29. The summed E-state index contributed by atoms with van der Waals surface area (Å²) in [5.41, 5.74) is 1.86. The molecule has 0 N–H and O–H groups in total. The highest BCUT2D eigenvalue weighted by Crippen LogP contribution is 2.27. The van der Waals surface area contributed by atoms with Crippen LogP contribution in [-0.2, 0) is 5.33 Å². The predicted octanol–water partition coefficient (Wildman–Crippen LogP) is 3.33. The summed E-state index contributed by atoms with van der Waals surface area (Å²) in [5.74, 6) is 0. The van der Waals surface area contributed by atoms with Crippen molar-refractivity contribution in [3.8, 4) is 0 Å². The Hall–Kier alpha value is -1.10. The van der Waals surface area contributed by atoms with Crippen LogP contribution in [0.25, 0.3) is 0 Å². The number of benzene rings is 1. The SMILES string of the molecule is CC(C)N(C)c1ccc([N+](=O)[O-])c(CBr)c1. The standard InChI is InChI=1S/C11H15BrN2O2/c1-8(2)13(3)10-4-5-11(14(15)16)9(6-10)7-12/h4-6,8H,7H2,1-3H3. The second-order valence-corrected chi connectivity index (χ2v) is 4.47. The van der Waals surface area contributed by atoms with E-state index in [0.717, 1.165) is 5.69 Å². The fraction of sp³-hybridized carbons (Fsp3) is 0.455. The fourth-order valence-corrected chi connectivity index (χ4v) is 1.82. The molecule has 0 aromatic heterocycles. The van der Waals surface area contributed by atoms with Gasteiger partial charge >= 0.3 is 0 Å². The maximum atomic E-state index is 10.8. The van der Waals surface area contributed by atoms with Crippen molar-refractivity contribution in [3.05, 3.63) is 33.9 Å². The van der Waals surface area contributed by atoms with Gasteiger partial charge in [0.25, 0.3) is 5.69 Å². The van der Waals surface area contributed by atoms with Crippen LogP contribution in [0.5, 0.6) is 0 Å². The van der Waals surface area contributed by atoms with Crippen molar-refractivity contribution < 1.29 is 4.92 Å². The van der Waals surface area contributed by atoms with Crippen LogP contribution in [0.4, 0.5) is 11.4 Å². The van der Waals surface area contributed by atoms with E-state index in [9.17, 15) is 10.1 Å². The lowest BCUT2D eigenvalue weighted by molar-refractivity contribution is -0.385. The molecule has 0 atom stereocenters. The van der Waals surface area contributed by atoms with E-state index in [1.807, 2.05) is 13.1 Å². The van der Waals surface area contributed by atoms with Crippen LogP contribution in [0.3, 0.4) is 0 Å². The van der Waals surface area contributed by atoms with E-state index in [1.54, 1.807) is 12.1 Å². The molecule has 0 aliphatic heterocycles. The van der Waals surface area contributed by atoms with Crippen molar-refractivity contribution in [1.82, 2.24) is 0 Å². The molecular weight excluding hydrogens is 272 g/mol. The van der Waals surface area contributed by atoms with Gasteiger partial charge in [-0.1, -0.05) is 15.9 Å². The molecule has 0 saturated carbocycles. The molecule has 4 nitrogen and oxygen atoms in total. The van der Waals surface area contributed by atoms with Gasteiger partial charge in [0, 0.05) is 35.7 Å². The molecule has 0 fully saturated rings. The summed E-state index contributed by atoms with van der Waals surface area (Å²) in [6, 6.07) is 5.56. The number of nitrogens with zero attached hydrogens (tertiary/aromatic N) is 2. The monoisotopic (exact) mass is 286 g/mol. The number of hydrogen-bond acceptors (Lipinski definition) is 3. The molecule has 1 rings (SSSR count). The van der Waals surface area contributed by atoms with Crippen LogP contribution in [0, 0.1) is 10.1 Å². The molecule has 0 amide bonds. The van der Waals surface area contributed by atoms with Gasteiger partial charge in [-0.05, 0) is 26.0 Å². The minimum absolute atomic E-state index is 0.165. The molecule has 0 bridgehead atoms. The van der Waals surface area contributed by atoms with Gasteiger partial charge in [0.2, 0.25) is 0 Å². The van der Waals surface area contributed by atoms with E-state index >= 15 is 0 Å². The third-order valence-electron chi connectivity index (χ3n) is 2.59. The zero-order chi connectivity index (χ0) is 12.3. The van der Waals surface area contributed by atoms with Crippen molar-refractivity contribution in [3.63, 3.8) is 0 Å². The first-order valence-electron chi connectivity index (χ1n) is 5.03. The smallest absolute Gasteiger partial charge is 0.273 e. The zero-order valence-corrected chi connectivity index (χ0v) is 11.2. The summed E-state index contributed by atoms with van der Waals surface area (Å²) < 4.78 is 0. The van der Waals surface area contributed by atoms with Crippen LogP contribution in [0.1, 0.15) is 19.4 Å². The largest absolute Gasteiger partial charge is 0.372 e. The Balaban J connectivity index is 3.13. The predicted molar refractivity (Wildman–Crippen MR) is 69.3 cm³/mol. The molecule has 0 spiro atoms. The molecule has 0 heterocycles. The van der Waals surface area contributed by atoms with Gasteiger partial charge < -0.3 is 4.90 Å². The van der Waals surface area contributed by atoms with Gasteiger partial charge in [-0.2, -0.15) is 0 Å². The van der Waals surface area contributed by atoms with E-state index in [4.69, 9.17) is 0 Å². The number of hydrogen-bond donors (Lipinski definition) is 0. The lowest BCUT2D eigenvalue weighted by atomic mass is 10.1. The summed E-state index contributed by atoms with van der Waals surface area (Å²) >= 11 is 3.27. The van der Waals surface area contributed by atoms with Gasteiger partial charge in [-0.3, -0.25) is 10.1 Å². The molecule has 1 aromatic rings. The average molecular weight is 287 g/mol. The van der Waals surface area contributed by atoms with E-state index < -0.39 is 0 Å². The van der Waals surface area contributed by atoms with Crippen LogP contribution in [0.2, 0.25) is 0 Å². The first kappa shape index (κ1) is 13.0. The lowest BCUT2D eigenvalue weighted by Crippen LogP contribution is -2.25. The summed E-state index contributed by atoms with van der Waals surface area (Å²) in [5, 5.41) is 11.3. The molecule has 16 heavy (non-hydrogen) atoms. The molecule has 0 aliphatic rings. The third kappa shape index (κ3) is 2.72. The quantitative estimate of drug-likeness (QED) is 0.485. The van der Waals surface area contributed by atoms with Crippen molar-refractivity contribution in [1.29, 1.82) is 0 Å². The summed E-state index contributed by atoms with van der Waals surface area (Å²) in [6.07, 6.45) is 0. The van der Waals surface area contributed by atoms with Crippen molar-refractivity contribution in [2.24, 2.45) is 0 Å². The van der Waals surface area contributed by atoms with E-state index in [1.165, 1.54) is 0 Å². The van der Waals surface area contributed by atoms with E-state index in [2.05, 4.69) is 34.7 Å². The fourth-order valence-electron chi connectivity index (χ4n) is 1.37. The summed E-state index contributed by atoms with van der Waals surface area (Å²) in [6.45, 7) is 4.16. The van der Waals surface area contributed by atoms with Crippen LogP contribution < -0.4 is 4.90 Å². The van der Waals surface area contributed by atoms with Gasteiger partial charge in [0.05, 0.1) is 4.92 Å². The van der Waals surface area contributed by atoms with Crippen LogP contribution in [0.15, 0.2) is 18.2 Å². The number of alkyl halides is 1.